The molecular weight excluding hydrogens is 276 g/mol. The molecule has 0 aromatic carbocycles. The van der Waals surface area contributed by atoms with Crippen LogP contribution in [0.25, 0.3) is 0 Å². The molecule has 1 N–H and O–H groups in total. The van der Waals surface area contributed by atoms with E-state index in [0.717, 1.165) is 18.6 Å². The molecule has 22 heavy (non-hydrogen) atoms. The Balaban J connectivity index is 2.11. The number of carbonyl (C=O) groups is 1. The van der Waals surface area contributed by atoms with Crippen molar-refractivity contribution >= 4 is 5.97 Å². The first-order chi connectivity index (χ1) is 10.7. The standard InChI is InChI=1S/C19H32O3/c1-2-3-4-5-6-7-11-17-12-10-13-18(17)16-22-15-9-8-14-19(20)21/h8-9,14-15,17-18H,2-7,10-13,16H2,1H3,(H,20,21)/t17-,18+/m0/s1. The third-order valence-corrected chi connectivity index (χ3v) is 4.58. The van der Waals surface area contributed by atoms with Crippen LogP contribution in [0, 0.1) is 11.8 Å². The van der Waals surface area contributed by atoms with E-state index in [1.54, 1.807) is 12.3 Å². The maximum absolute atomic E-state index is 10.3. The maximum atomic E-state index is 10.3. The highest BCUT2D eigenvalue weighted by Gasteiger charge is 2.26. The number of aliphatic carboxylic acids is 1. The van der Waals surface area contributed by atoms with Crippen LogP contribution in [0.5, 0.6) is 0 Å². The number of allylic oxidation sites excluding steroid dienone is 2. The molecule has 3 heteroatoms. The molecule has 0 aromatic heterocycles. The summed E-state index contributed by atoms with van der Waals surface area (Å²) in [6.07, 6.45) is 19.4. The molecule has 1 aliphatic carbocycles. The van der Waals surface area contributed by atoms with Crippen LogP contribution in [0.4, 0.5) is 0 Å². The molecule has 1 rings (SSSR count). The second kappa shape index (κ2) is 12.3. The van der Waals surface area contributed by atoms with Crippen LogP contribution in [0.1, 0.15) is 71.1 Å². The van der Waals surface area contributed by atoms with E-state index in [-0.39, 0.29) is 0 Å². The highest BCUT2D eigenvalue weighted by atomic mass is 16.5. The summed E-state index contributed by atoms with van der Waals surface area (Å²) < 4.78 is 5.56. The lowest BCUT2D eigenvalue weighted by Crippen LogP contribution is -2.13. The molecule has 0 radical (unpaired) electrons. The van der Waals surface area contributed by atoms with Gasteiger partial charge in [0, 0.05) is 6.08 Å². The van der Waals surface area contributed by atoms with Gasteiger partial charge in [0.15, 0.2) is 0 Å². The summed E-state index contributed by atoms with van der Waals surface area (Å²) in [5.41, 5.74) is 0. The summed E-state index contributed by atoms with van der Waals surface area (Å²) in [4.78, 5) is 10.3. The van der Waals surface area contributed by atoms with Gasteiger partial charge in [-0.1, -0.05) is 70.8 Å². The van der Waals surface area contributed by atoms with Gasteiger partial charge in [0.05, 0.1) is 12.9 Å². The molecule has 0 amide bonds. The van der Waals surface area contributed by atoms with Gasteiger partial charge in [-0.05, 0) is 24.3 Å². The molecule has 126 valence electrons. The van der Waals surface area contributed by atoms with Gasteiger partial charge in [0.1, 0.15) is 0 Å². The monoisotopic (exact) mass is 308 g/mol. The zero-order valence-electron chi connectivity index (χ0n) is 14.0. The molecule has 0 saturated heterocycles. The molecule has 1 aliphatic rings. The number of ether oxygens (including phenoxy) is 1. The topological polar surface area (TPSA) is 46.5 Å². The summed E-state index contributed by atoms with van der Waals surface area (Å²) in [5.74, 6) is 0.581. The lowest BCUT2D eigenvalue weighted by atomic mass is 9.91. The fourth-order valence-corrected chi connectivity index (χ4v) is 3.32. The number of unbranched alkanes of at least 4 members (excludes halogenated alkanes) is 5. The third-order valence-electron chi connectivity index (χ3n) is 4.58. The van der Waals surface area contributed by atoms with Crippen LogP contribution in [0.15, 0.2) is 24.5 Å². The van der Waals surface area contributed by atoms with E-state index in [4.69, 9.17) is 9.84 Å². The van der Waals surface area contributed by atoms with E-state index < -0.39 is 5.97 Å². The second-order valence-electron chi connectivity index (χ2n) is 6.37. The summed E-state index contributed by atoms with van der Waals surface area (Å²) in [7, 11) is 0. The van der Waals surface area contributed by atoms with Crippen molar-refractivity contribution in [2.75, 3.05) is 6.61 Å². The van der Waals surface area contributed by atoms with Crippen molar-refractivity contribution in [1.82, 2.24) is 0 Å². The van der Waals surface area contributed by atoms with Crippen LogP contribution in [-0.2, 0) is 9.53 Å². The van der Waals surface area contributed by atoms with Gasteiger partial charge in [-0.25, -0.2) is 4.79 Å². The average Bonchev–Trinajstić information content (AvgIpc) is 2.93. The number of hydrogen-bond acceptors (Lipinski definition) is 2. The number of hydrogen-bond donors (Lipinski definition) is 1. The Bertz CT molecular complexity index is 347. The Morgan fingerprint density at radius 1 is 1.09 bits per heavy atom. The van der Waals surface area contributed by atoms with Gasteiger partial charge < -0.3 is 9.84 Å². The molecule has 3 nitrogen and oxygen atoms in total. The van der Waals surface area contributed by atoms with E-state index in [9.17, 15) is 4.79 Å². The normalized spacial score (nSPS) is 21.9. The second-order valence-corrected chi connectivity index (χ2v) is 6.37. The number of rotatable bonds is 12. The smallest absolute Gasteiger partial charge is 0.328 e. The highest BCUT2D eigenvalue weighted by Crippen LogP contribution is 2.35. The van der Waals surface area contributed by atoms with Crippen molar-refractivity contribution < 1.29 is 14.6 Å². The van der Waals surface area contributed by atoms with Crippen molar-refractivity contribution in [3.63, 3.8) is 0 Å². The van der Waals surface area contributed by atoms with E-state index in [1.165, 1.54) is 70.3 Å². The zero-order chi connectivity index (χ0) is 16.0. The zero-order valence-corrected chi connectivity index (χ0v) is 14.0. The van der Waals surface area contributed by atoms with Gasteiger partial charge >= 0.3 is 5.97 Å². The third kappa shape index (κ3) is 8.91. The van der Waals surface area contributed by atoms with E-state index in [1.807, 2.05) is 0 Å². The van der Waals surface area contributed by atoms with Crippen LogP contribution in [-0.4, -0.2) is 17.7 Å². The first kappa shape index (κ1) is 18.8. The minimum absolute atomic E-state index is 0.684. The van der Waals surface area contributed by atoms with Gasteiger partial charge in [0.2, 0.25) is 0 Å². The van der Waals surface area contributed by atoms with Gasteiger partial charge in [-0.2, -0.15) is 0 Å². The molecule has 0 aliphatic heterocycles. The summed E-state index contributed by atoms with van der Waals surface area (Å²) in [6, 6.07) is 0. The Morgan fingerprint density at radius 3 is 2.59 bits per heavy atom. The number of carboxylic acid groups (broad SMARTS) is 1. The quantitative estimate of drug-likeness (QED) is 0.229. The molecule has 2 atom stereocenters. The van der Waals surface area contributed by atoms with E-state index in [2.05, 4.69) is 6.92 Å². The average molecular weight is 308 g/mol. The summed E-state index contributed by atoms with van der Waals surface area (Å²) in [5, 5.41) is 8.47. The molecule has 1 saturated carbocycles. The first-order valence-electron chi connectivity index (χ1n) is 8.91. The molecule has 0 aromatic rings. The molecule has 0 bridgehead atoms. The summed E-state index contributed by atoms with van der Waals surface area (Å²) >= 11 is 0. The molecule has 1 fully saturated rings. The van der Waals surface area contributed by atoms with E-state index in [0.29, 0.717) is 5.92 Å². The van der Waals surface area contributed by atoms with Crippen molar-refractivity contribution in [2.24, 2.45) is 11.8 Å². The molecule has 0 spiro atoms. The first-order valence-corrected chi connectivity index (χ1v) is 8.91. The Hall–Kier alpha value is -1.25. The van der Waals surface area contributed by atoms with Crippen LogP contribution in [0.3, 0.4) is 0 Å². The van der Waals surface area contributed by atoms with Crippen molar-refractivity contribution in [3.05, 3.63) is 24.5 Å². The van der Waals surface area contributed by atoms with Crippen LogP contribution >= 0.6 is 0 Å². The van der Waals surface area contributed by atoms with Crippen molar-refractivity contribution in [1.29, 1.82) is 0 Å². The fraction of sp³-hybridized carbons (Fsp3) is 0.737. The van der Waals surface area contributed by atoms with E-state index >= 15 is 0 Å². The lowest BCUT2D eigenvalue weighted by Gasteiger charge is -2.18. The minimum atomic E-state index is -0.931. The molecule has 0 heterocycles. The highest BCUT2D eigenvalue weighted by molar-refractivity contribution is 5.80. The van der Waals surface area contributed by atoms with Crippen LogP contribution < -0.4 is 0 Å². The van der Waals surface area contributed by atoms with Crippen LogP contribution in [0.2, 0.25) is 0 Å². The minimum Gasteiger partial charge on any atom is -0.501 e. The number of carboxylic acids is 1. The SMILES string of the molecule is CCCCCCCC[C@H]1CCC[C@@H]1COC=CC=CC(=O)O. The van der Waals surface area contributed by atoms with Crippen molar-refractivity contribution in [2.45, 2.75) is 71.1 Å². The summed E-state index contributed by atoms with van der Waals surface area (Å²) in [6.45, 7) is 3.03. The molecule has 0 unspecified atom stereocenters. The largest absolute Gasteiger partial charge is 0.501 e. The molecular formula is C19H32O3. The lowest BCUT2D eigenvalue weighted by molar-refractivity contribution is -0.131. The predicted octanol–water partition coefficient (Wildman–Crippen LogP) is 5.32. The van der Waals surface area contributed by atoms with Gasteiger partial charge in [-0.15, -0.1) is 0 Å². The predicted molar refractivity (Wildman–Crippen MR) is 90.7 cm³/mol. The Kier molecular flexibility index (Phi) is 10.5. The fourth-order valence-electron chi connectivity index (χ4n) is 3.32. The van der Waals surface area contributed by atoms with Crippen molar-refractivity contribution in [3.8, 4) is 0 Å². The maximum Gasteiger partial charge on any atom is 0.328 e. The van der Waals surface area contributed by atoms with Gasteiger partial charge in [0.25, 0.3) is 0 Å². The van der Waals surface area contributed by atoms with Gasteiger partial charge in [-0.3, -0.25) is 0 Å². The Morgan fingerprint density at radius 2 is 1.82 bits per heavy atom. The Labute approximate surface area is 135 Å².